The van der Waals surface area contributed by atoms with Crippen molar-refractivity contribution in [1.82, 2.24) is 15.2 Å². The molecule has 0 saturated heterocycles. The molecule has 0 spiro atoms. The fourth-order valence-corrected chi connectivity index (χ4v) is 3.66. The molecule has 1 atom stereocenters. The van der Waals surface area contributed by atoms with Crippen LogP contribution in [0, 0.1) is 19.7 Å². The molecule has 2 heterocycles. The summed E-state index contributed by atoms with van der Waals surface area (Å²) in [6.45, 7) is 7.08. The number of aromatic amines is 1. The van der Waals surface area contributed by atoms with Gasteiger partial charge in [0, 0.05) is 5.69 Å². The van der Waals surface area contributed by atoms with Crippen LogP contribution in [-0.2, 0) is 4.74 Å². The minimum Gasteiger partial charge on any atom is -0.462 e. The molecule has 3 rings (SSSR count). The van der Waals surface area contributed by atoms with Crippen LogP contribution >= 0.6 is 11.8 Å². The highest BCUT2D eigenvalue weighted by atomic mass is 32.2. The number of nitrogens with zero attached hydrogens (tertiary/aromatic N) is 2. The molecular formula is C20H20FN3O4S. The normalized spacial score (nSPS) is 12.0. The van der Waals surface area contributed by atoms with Crippen LogP contribution in [0.5, 0.6) is 0 Å². The Morgan fingerprint density at radius 3 is 2.69 bits per heavy atom. The maximum atomic E-state index is 13.9. The van der Waals surface area contributed by atoms with E-state index in [1.54, 1.807) is 39.8 Å². The van der Waals surface area contributed by atoms with E-state index in [4.69, 9.17) is 9.15 Å². The van der Waals surface area contributed by atoms with Gasteiger partial charge in [0.15, 0.2) is 5.78 Å². The molecule has 0 aliphatic carbocycles. The van der Waals surface area contributed by atoms with Crippen molar-refractivity contribution in [2.24, 2.45) is 0 Å². The predicted octanol–water partition coefficient (Wildman–Crippen LogP) is 4.36. The molecule has 0 radical (unpaired) electrons. The van der Waals surface area contributed by atoms with Gasteiger partial charge < -0.3 is 14.1 Å². The third kappa shape index (κ3) is 4.24. The number of hydrogen-bond acceptors (Lipinski definition) is 7. The number of H-pyrrole nitrogens is 1. The van der Waals surface area contributed by atoms with Gasteiger partial charge in [0.25, 0.3) is 11.1 Å². The second kappa shape index (κ2) is 8.60. The van der Waals surface area contributed by atoms with E-state index in [9.17, 15) is 14.0 Å². The topological polar surface area (TPSA) is 98.1 Å². The van der Waals surface area contributed by atoms with Crippen molar-refractivity contribution in [2.75, 3.05) is 6.61 Å². The van der Waals surface area contributed by atoms with E-state index in [0.29, 0.717) is 22.5 Å². The van der Waals surface area contributed by atoms with Gasteiger partial charge in [0.1, 0.15) is 5.82 Å². The van der Waals surface area contributed by atoms with E-state index < -0.39 is 17.0 Å². The van der Waals surface area contributed by atoms with E-state index in [1.807, 2.05) is 0 Å². The molecular weight excluding hydrogens is 397 g/mol. The molecule has 0 unspecified atom stereocenters. The van der Waals surface area contributed by atoms with Crippen molar-refractivity contribution in [3.63, 3.8) is 0 Å². The van der Waals surface area contributed by atoms with Crippen LogP contribution < -0.4 is 0 Å². The SMILES string of the molecule is CCOC(=O)c1c(C)[nH]c(C(=O)[C@H](C)Sc2nnc(-c3ccccc3F)o2)c1C. The Balaban J connectivity index is 1.78. The number of aryl methyl sites for hydroxylation is 1. The monoisotopic (exact) mass is 417 g/mol. The molecule has 0 aliphatic heterocycles. The first-order valence-electron chi connectivity index (χ1n) is 8.99. The fraction of sp³-hybridized carbons (Fsp3) is 0.300. The van der Waals surface area contributed by atoms with Crippen LogP contribution in [0.25, 0.3) is 11.5 Å². The molecule has 0 bridgehead atoms. The molecule has 1 aromatic carbocycles. The number of thioether (sulfide) groups is 1. The van der Waals surface area contributed by atoms with Crippen LogP contribution in [0.1, 0.15) is 46.0 Å². The Morgan fingerprint density at radius 2 is 2.00 bits per heavy atom. The summed E-state index contributed by atoms with van der Waals surface area (Å²) in [6, 6.07) is 6.07. The summed E-state index contributed by atoms with van der Waals surface area (Å²) >= 11 is 1.06. The van der Waals surface area contributed by atoms with Gasteiger partial charge in [-0.25, -0.2) is 9.18 Å². The average molecular weight is 417 g/mol. The second-order valence-corrected chi connectivity index (χ2v) is 7.61. The zero-order chi connectivity index (χ0) is 21.1. The number of carbonyl (C=O) groups excluding carboxylic acids is 2. The zero-order valence-electron chi connectivity index (χ0n) is 16.4. The van der Waals surface area contributed by atoms with Crippen LogP contribution in [0.2, 0.25) is 0 Å². The molecule has 152 valence electrons. The Bertz CT molecular complexity index is 1060. The van der Waals surface area contributed by atoms with Gasteiger partial charge in [-0.05, 0) is 45.4 Å². The highest BCUT2D eigenvalue weighted by Gasteiger charge is 2.27. The first kappa shape index (κ1) is 20.8. The molecule has 0 amide bonds. The zero-order valence-corrected chi connectivity index (χ0v) is 17.2. The molecule has 7 nitrogen and oxygen atoms in total. The summed E-state index contributed by atoms with van der Waals surface area (Å²) in [7, 11) is 0. The summed E-state index contributed by atoms with van der Waals surface area (Å²) in [5.41, 5.74) is 2.00. The highest BCUT2D eigenvalue weighted by Crippen LogP contribution is 2.30. The lowest BCUT2D eigenvalue weighted by atomic mass is 10.1. The number of ketones is 1. The molecule has 0 aliphatic rings. The number of hydrogen-bond donors (Lipinski definition) is 1. The standard InChI is InChI=1S/C20H20FN3O4S/c1-5-27-19(26)15-10(2)16(22-11(15)3)17(25)12(4)29-20-24-23-18(28-20)13-8-6-7-9-14(13)21/h6-9,12,22H,5H2,1-4H3/t12-/m0/s1. The summed E-state index contributed by atoms with van der Waals surface area (Å²) < 4.78 is 24.4. The number of benzene rings is 1. The van der Waals surface area contributed by atoms with Gasteiger partial charge in [-0.1, -0.05) is 23.9 Å². The molecule has 1 N–H and O–H groups in total. The molecule has 9 heteroatoms. The van der Waals surface area contributed by atoms with Crippen molar-refractivity contribution in [2.45, 2.75) is 38.2 Å². The molecule has 3 aromatic rings. The van der Waals surface area contributed by atoms with Gasteiger partial charge in [-0.15, -0.1) is 10.2 Å². The van der Waals surface area contributed by atoms with Gasteiger partial charge in [-0.3, -0.25) is 4.79 Å². The Kier molecular flexibility index (Phi) is 6.17. The van der Waals surface area contributed by atoms with Gasteiger partial charge in [0.2, 0.25) is 0 Å². The van der Waals surface area contributed by atoms with Crippen molar-refractivity contribution < 1.29 is 23.1 Å². The Labute approximate surface area is 171 Å². The number of Topliss-reactive ketones (excluding diaryl/α,β-unsaturated/α-hetero) is 1. The second-order valence-electron chi connectivity index (χ2n) is 6.32. The summed E-state index contributed by atoms with van der Waals surface area (Å²) in [5.74, 6) is -1.12. The number of carbonyl (C=O) groups is 2. The Morgan fingerprint density at radius 1 is 1.28 bits per heavy atom. The number of halogens is 1. The van der Waals surface area contributed by atoms with Crippen LogP contribution in [0.4, 0.5) is 4.39 Å². The van der Waals surface area contributed by atoms with E-state index >= 15 is 0 Å². The van der Waals surface area contributed by atoms with E-state index in [-0.39, 0.29) is 29.1 Å². The van der Waals surface area contributed by atoms with E-state index in [2.05, 4.69) is 15.2 Å². The summed E-state index contributed by atoms with van der Waals surface area (Å²) in [5, 5.41) is 7.32. The van der Waals surface area contributed by atoms with Gasteiger partial charge in [-0.2, -0.15) is 0 Å². The summed E-state index contributed by atoms with van der Waals surface area (Å²) in [4.78, 5) is 28.0. The number of aromatic nitrogens is 3. The Hall–Kier alpha value is -2.94. The molecule has 0 saturated carbocycles. The maximum absolute atomic E-state index is 13.9. The van der Waals surface area contributed by atoms with E-state index in [0.717, 1.165) is 11.8 Å². The largest absolute Gasteiger partial charge is 0.462 e. The van der Waals surface area contributed by atoms with Crippen LogP contribution in [0.15, 0.2) is 33.9 Å². The lowest BCUT2D eigenvalue weighted by Gasteiger charge is -2.07. The van der Waals surface area contributed by atoms with Crippen LogP contribution in [0.3, 0.4) is 0 Å². The molecule has 29 heavy (non-hydrogen) atoms. The minimum atomic E-state index is -0.573. The quantitative estimate of drug-likeness (QED) is 0.346. The number of rotatable bonds is 7. The van der Waals surface area contributed by atoms with Crippen molar-refractivity contribution in [3.05, 3.63) is 52.6 Å². The van der Waals surface area contributed by atoms with Gasteiger partial charge >= 0.3 is 5.97 Å². The highest BCUT2D eigenvalue weighted by molar-refractivity contribution is 8.00. The lowest BCUT2D eigenvalue weighted by molar-refractivity contribution is 0.0525. The van der Waals surface area contributed by atoms with Crippen molar-refractivity contribution in [3.8, 4) is 11.5 Å². The summed E-state index contributed by atoms with van der Waals surface area (Å²) in [6.07, 6.45) is 0. The fourth-order valence-electron chi connectivity index (χ4n) is 2.91. The number of nitrogens with one attached hydrogen (secondary N) is 1. The van der Waals surface area contributed by atoms with Crippen molar-refractivity contribution in [1.29, 1.82) is 0 Å². The third-order valence-electron chi connectivity index (χ3n) is 4.32. The molecule has 0 fully saturated rings. The van der Waals surface area contributed by atoms with Crippen LogP contribution in [-0.4, -0.2) is 38.8 Å². The first-order valence-corrected chi connectivity index (χ1v) is 9.87. The van der Waals surface area contributed by atoms with Crippen molar-refractivity contribution >= 4 is 23.5 Å². The lowest BCUT2D eigenvalue weighted by Crippen LogP contribution is -2.15. The van der Waals surface area contributed by atoms with Gasteiger partial charge in [0.05, 0.1) is 28.7 Å². The third-order valence-corrected chi connectivity index (χ3v) is 5.26. The minimum absolute atomic E-state index is 0.0433. The number of ether oxygens (including phenoxy) is 1. The van der Waals surface area contributed by atoms with E-state index in [1.165, 1.54) is 12.1 Å². The average Bonchev–Trinajstić information content (AvgIpc) is 3.25. The smallest absolute Gasteiger partial charge is 0.340 e. The number of esters is 1. The molecule has 2 aromatic heterocycles. The first-order chi connectivity index (χ1) is 13.8. The predicted molar refractivity (Wildman–Crippen MR) is 106 cm³/mol. The maximum Gasteiger partial charge on any atom is 0.340 e.